The SMILES string of the molecule is COC(=O)Nc1nccc(Br)n1. The van der Waals surface area contributed by atoms with Crippen LogP contribution in [0.3, 0.4) is 0 Å². The molecular weight excluding hydrogens is 226 g/mol. The Morgan fingerprint density at radius 2 is 2.50 bits per heavy atom. The standard InChI is InChI=1S/C6H6BrN3O2/c1-12-6(11)10-5-8-3-2-4(7)9-5/h2-3H,1H3,(H,8,9,10,11). The van der Waals surface area contributed by atoms with Gasteiger partial charge in [0.2, 0.25) is 5.95 Å². The van der Waals surface area contributed by atoms with Gasteiger partial charge in [-0.3, -0.25) is 5.32 Å². The van der Waals surface area contributed by atoms with Gasteiger partial charge < -0.3 is 4.74 Å². The van der Waals surface area contributed by atoms with Crippen LogP contribution in [-0.2, 0) is 4.74 Å². The molecule has 0 bridgehead atoms. The zero-order chi connectivity index (χ0) is 8.97. The Morgan fingerprint density at radius 3 is 3.08 bits per heavy atom. The third-order valence-electron chi connectivity index (χ3n) is 1.02. The first-order valence-corrected chi connectivity index (χ1v) is 3.85. The molecule has 0 aliphatic rings. The fraction of sp³-hybridized carbons (Fsp3) is 0.167. The Morgan fingerprint density at radius 1 is 1.75 bits per heavy atom. The number of nitrogens with zero attached hydrogens (tertiary/aromatic N) is 2. The van der Waals surface area contributed by atoms with Crippen LogP contribution in [0.25, 0.3) is 0 Å². The average molecular weight is 232 g/mol. The number of aromatic nitrogens is 2. The molecule has 0 aliphatic carbocycles. The Balaban J connectivity index is 2.69. The van der Waals surface area contributed by atoms with Crippen LogP contribution in [0.5, 0.6) is 0 Å². The van der Waals surface area contributed by atoms with Gasteiger partial charge >= 0.3 is 6.09 Å². The summed E-state index contributed by atoms with van der Waals surface area (Å²) in [6.45, 7) is 0. The monoisotopic (exact) mass is 231 g/mol. The van der Waals surface area contributed by atoms with Gasteiger partial charge in [0.25, 0.3) is 0 Å². The van der Waals surface area contributed by atoms with Crippen molar-refractivity contribution in [3.8, 4) is 0 Å². The van der Waals surface area contributed by atoms with Crippen LogP contribution in [-0.4, -0.2) is 23.2 Å². The average Bonchev–Trinajstić information content (AvgIpc) is 2.04. The molecule has 5 nitrogen and oxygen atoms in total. The maximum atomic E-state index is 10.7. The van der Waals surface area contributed by atoms with Crippen LogP contribution < -0.4 is 5.32 Å². The number of anilines is 1. The summed E-state index contributed by atoms with van der Waals surface area (Å²) in [6.07, 6.45) is 0.927. The second-order valence-corrected chi connectivity index (χ2v) is 2.63. The van der Waals surface area contributed by atoms with Gasteiger partial charge in [0.1, 0.15) is 4.60 Å². The molecule has 64 valence electrons. The zero-order valence-corrected chi connectivity index (χ0v) is 7.83. The number of halogens is 1. The van der Waals surface area contributed by atoms with E-state index in [1.54, 1.807) is 6.07 Å². The van der Waals surface area contributed by atoms with Crippen LogP contribution in [0.15, 0.2) is 16.9 Å². The minimum Gasteiger partial charge on any atom is -0.453 e. The summed E-state index contributed by atoms with van der Waals surface area (Å²) in [6, 6.07) is 1.66. The maximum Gasteiger partial charge on any atom is 0.413 e. The molecule has 12 heavy (non-hydrogen) atoms. The quantitative estimate of drug-likeness (QED) is 0.743. The third kappa shape index (κ3) is 2.46. The molecule has 1 amide bonds. The summed E-state index contributed by atoms with van der Waals surface area (Å²) in [4.78, 5) is 18.3. The van der Waals surface area contributed by atoms with E-state index in [9.17, 15) is 4.79 Å². The van der Waals surface area contributed by atoms with E-state index in [0.29, 0.717) is 4.60 Å². The van der Waals surface area contributed by atoms with Gasteiger partial charge in [-0.2, -0.15) is 0 Å². The van der Waals surface area contributed by atoms with Crippen molar-refractivity contribution in [1.29, 1.82) is 0 Å². The van der Waals surface area contributed by atoms with Crippen molar-refractivity contribution in [1.82, 2.24) is 9.97 Å². The number of carbonyl (C=O) groups excluding carboxylic acids is 1. The summed E-state index contributed by atoms with van der Waals surface area (Å²) in [5, 5.41) is 2.32. The first kappa shape index (κ1) is 8.92. The molecule has 1 heterocycles. The smallest absolute Gasteiger partial charge is 0.413 e. The minimum atomic E-state index is -0.590. The molecule has 0 unspecified atom stereocenters. The number of ether oxygens (including phenoxy) is 1. The highest BCUT2D eigenvalue weighted by molar-refractivity contribution is 9.10. The van der Waals surface area contributed by atoms with E-state index in [0.717, 1.165) is 0 Å². The van der Waals surface area contributed by atoms with Gasteiger partial charge in [0.15, 0.2) is 0 Å². The number of amides is 1. The lowest BCUT2D eigenvalue weighted by Gasteiger charge is -2.00. The lowest BCUT2D eigenvalue weighted by molar-refractivity contribution is 0.186. The first-order valence-electron chi connectivity index (χ1n) is 3.06. The summed E-state index contributed by atoms with van der Waals surface area (Å²) in [5.41, 5.74) is 0. The molecule has 1 aromatic heterocycles. The lowest BCUT2D eigenvalue weighted by atomic mass is 10.7. The topological polar surface area (TPSA) is 64.1 Å². The van der Waals surface area contributed by atoms with Crippen molar-refractivity contribution < 1.29 is 9.53 Å². The van der Waals surface area contributed by atoms with Gasteiger partial charge in [-0.15, -0.1) is 0 Å². The second-order valence-electron chi connectivity index (χ2n) is 1.82. The molecule has 0 atom stereocenters. The van der Waals surface area contributed by atoms with Crippen molar-refractivity contribution in [2.24, 2.45) is 0 Å². The molecular formula is C6H6BrN3O2. The van der Waals surface area contributed by atoms with Crippen LogP contribution in [0.4, 0.5) is 10.7 Å². The van der Waals surface area contributed by atoms with Crippen molar-refractivity contribution in [3.63, 3.8) is 0 Å². The second kappa shape index (κ2) is 4.01. The van der Waals surface area contributed by atoms with Crippen LogP contribution >= 0.6 is 15.9 Å². The number of carbonyl (C=O) groups is 1. The first-order chi connectivity index (χ1) is 5.72. The van der Waals surface area contributed by atoms with E-state index in [4.69, 9.17) is 0 Å². The number of hydrogen-bond acceptors (Lipinski definition) is 4. The summed E-state index contributed by atoms with van der Waals surface area (Å²) < 4.78 is 4.95. The van der Waals surface area contributed by atoms with Gasteiger partial charge in [0, 0.05) is 6.20 Å². The lowest BCUT2D eigenvalue weighted by Crippen LogP contribution is -2.13. The highest BCUT2D eigenvalue weighted by Crippen LogP contribution is 2.06. The van der Waals surface area contributed by atoms with E-state index < -0.39 is 6.09 Å². The van der Waals surface area contributed by atoms with Crippen molar-refractivity contribution >= 4 is 28.0 Å². The van der Waals surface area contributed by atoms with E-state index in [-0.39, 0.29) is 5.95 Å². The summed E-state index contributed by atoms with van der Waals surface area (Å²) in [5.74, 6) is 0.205. The number of rotatable bonds is 1. The number of methoxy groups -OCH3 is 1. The Labute approximate surface area is 77.3 Å². The van der Waals surface area contributed by atoms with E-state index in [2.05, 4.69) is 36.0 Å². The van der Waals surface area contributed by atoms with E-state index in [1.807, 2.05) is 0 Å². The molecule has 0 aliphatic heterocycles. The minimum absolute atomic E-state index is 0.205. The van der Waals surface area contributed by atoms with Crippen molar-refractivity contribution in [2.75, 3.05) is 12.4 Å². The predicted octanol–water partition coefficient (Wildman–Crippen LogP) is 1.42. The molecule has 1 aromatic rings. The van der Waals surface area contributed by atoms with Crippen LogP contribution in [0.1, 0.15) is 0 Å². The Bertz CT molecular complexity index is 292. The van der Waals surface area contributed by atoms with Gasteiger partial charge in [-0.1, -0.05) is 0 Å². The molecule has 0 radical (unpaired) electrons. The molecule has 1 rings (SSSR count). The van der Waals surface area contributed by atoms with Gasteiger partial charge in [-0.25, -0.2) is 14.8 Å². The largest absolute Gasteiger partial charge is 0.453 e. The normalized spacial score (nSPS) is 9.17. The van der Waals surface area contributed by atoms with Gasteiger partial charge in [-0.05, 0) is 22.0 Å². The van der Waals surface area contributed by atoms with Gasteiger partial charge in [0.05, 0.1) is 7.11 Å². The molecule has 0 aromatic carbocycles. The molecule has 0 fully saturated rings. The molecule has 6 heteroatoms. The highest BCUT2D eigenvalue weighted by atomic mass is 79.9. The Kier molecular flexibility index (Phi) is 2.98. The maximum absolute atomic E-state index is 10.7. The van der Waals surface area contributed by atoms with Crippen molar-refractivity contribution in [2.45, 2.75) is 0 Å². The molecule has 0 saturated heterocycles. The van der Waals surface area contributed by atoms with Crippen LogP contribution in [0.2, 0.25) is 0 Å². The van der Waals surface area contributed by atoms with E-state index in [1.165, 1.54) is 13.3 Å². The van der Waals surface area contributed by atoms with Crippen LogP contribution in [0, 0.1) is 0 Å². The molecule has 0 saturated carbocycles. The predicted molar refractivity (Wildman–Crippen MR) is 45.8 cm³/mol. The van der Waals surface area contributed by atoms with Crippen molar-refractivity contribution in [3.05, 3.63) is 16.9 Å². The fourth-order valence-electron chi connectivity index (χ4n) is 0.539. The Hall–Kier alpha value is -1.17. The van der Waals surface area contributed by atoms with E-state index >= 15 is 0 Å². The summed E-state index contributed by atoms with van der Waals surface area (Å²) >= 11 is 3.13. The highest BCUT2D eigenvalue weighted by Gasteiger charge is 2.02. The number of nitrogens with one attached hydrogen (secondary N) is 1. The zero-order valence-electron chi connectivity index (χ0n) is 6.24. The fourth-order valence-corrected chi connectivity index (χ4v) is 0.825. The summed E-state index contributed by atoms with van der Waals surface area (Å²) in [7, 11) is 1.27. The molecule has 0 spiro atoms. The molecule has 1 N–H and O–H groups in total. The number of hydrogen-bond donors (Lipinski definition) is 1. The third-order valence-corrected chi connectivity index (χ3v) is 1.46.